The predicted molar refractivity (Wildman–Crippen MR) is 74.6 cm³/mol. The average Bonchev–Trinajstić information content (AvgIpc) is 2.96. The summed E-state index contributed by atoms with van der Waals surface area (Å²) in [5, 5.41) is 12.5. The molecule has 0 radical (unpaired) electrons. The third kappa shape index (κ3) is 3.58. The maximum atomic E-state index is 9.20. The average molecular weight is 254 g/mol. The van der Waals surface area contributed by atoms with Gasteiger partial charge < -0.3 is 10.1 Å². The molecule has 1 N–H and O–H groups in total. The first-order valence-electron chi connectivity index (χ1n) is 6.61. The first-order valence-corrected chi connectivity index (χ1v) is 6.61. The van der Waals surface area contributed by atoms with Crippen LogP contribution in [0.2, 0.25) is 0 Å². The van der Waals surface area contributed by atoms with Crippen molar-refractivity contribution in [3.63, 3.8) is 0 Å². The van der Waals surface area contributed by atoms with Crippen LogP contribution in [0.4, 0.5) is 0 Å². The molecule has 0 unspecified atom stereocenters. The van der Waals surface area contributed by atoms with Gasteiger partial charge in [0.15, 0.2) is 0 Å². The van der Waals surface area contributed by atoms with Gasteiger partial charge in [0.05, 0.1) is 18.2 Å². The van der Waals surface area contributed by atoms with Crippen LogP contribution >= 0.6 is 0 Å². The molecule has 19 heavy (non-hydrogen) atoms. The number of hydrogen-bond acceptors (Lipinski definition) is 3. The van der Waals surface area contributed by atoms with E-state index in [1.165, 1.54) is 6.42 Å². The van der Waals surface area contributed by atoms with Gasteiger partial charge >= 0.3 is 0 Å². The molecule has 0 bridgehead atoms. The molecule has 1 aliphatic rings. The fraction of sp³-hybridized carbons (Fsp3) is 0.438. The highest BCUT2D eigenvalue weighted by molar-refractivity contribution is 5.53. The monoisotopic (exact) mass is 254 g/mol. The van der Waals surface area contributed by atoms with Crippen LogP contribution in [0.25, 0.3) is 0 Å². The first kappa shape index (κ1) is 13.6. The van der Waals surface area contributed by atoms with E-state index in [4.69, 9.17) is 4.74 Å². The molecule has 1 atom stereocenters. The summed E-state index contributed by atoms with van der Waals surface area (Å²) in [7, 11) is 1.68. The molecule has 0 amide bonds. The number of nitrogens with zero attached hydrogens (tertiary/aromatic N) is 1. The van der Waals surface area contributed by atoms with E-state index >= 15 is 0 Å². The molecule has 0 saturated carbocycles. The minimum absolute atomic E-state index is 0.266. The minimum atomic E-state index is 0.266. The van der Waals surface area contributed by atoms with Gasteiger partial charge in [-0.25, -0.2) is 0 Å². The number of rotatable bonds is 3. The Morgan fingerprint density at radius 3 is 3.05 bits per heavy atom. The summed E-state index contributed by atoms with van der Waals surface area (Å²) in [6.07, 6.45) is 3.05. The summed E-state index contributed by atoms with van der Waals surface area (Å²) >= 11 is 0. The molecule has 3 heteroatoms. The van der Waals surface area contributed by atoms with Crippen molar-refractivity contribution >= 4 is 0 Å². The van der Waals surface area contributed by atoms with E-state index < -0.39 is 0 Å². The van der Waals surface area contributed by atoms with Crippen LogP contribution in [-0.2, 0) is 11.2 Å². The SMILES string of the molecule is COCCc1cccc(C#N)c1C#C[C@@H]1CCCN1. The van der Waals surface area contributed by atoms with E-state index in [0.29, 0.717) is 12.2 Å². The zero-order chi connectivity index (χ0) is 13.5. The molecular formula is C16H18N2O. The van der Waals surface area contributed by atoms with Gasteiger partial charge in [-0.1, -0.05) is 24.0 Å². The van der Waals surface area contributed by atoms with E-state index in [1.807, 2.05) is 18.2 Å². The Morgan fingerprint density at radius 1 is 1.47 bits per heavy atom. The Labute approximate surface area is 114 Å². The molecule has 0 aliphatic carbocycles. The molecule has 2 rings (SSSR count). The molecule has 3 nitrogen and oxygen atoms in total. The summed E-state index contributed by atoms with van der Waals surface area (Å²) in [6, 6.07) is 8.24. The predicted octanol–water partition coefficient (Wildman–Crippen LogP) is 1.85. The zero-order valence-electron chi connectivity index (χ0n) is 11.2. The quantitative estimate of drug-likeness (QED) is 0.837. The third-order valence-corrected chi connectivity index (χ3v) is 3.28. The van der Waals surface area contributed by atoms with Gasteiger partial charge in [0, 0.05) is 12.7 Å². The Hall–Kier alpha value is -1.81. The smallest absolute Gasteiger partial charge is 0.100 e. The van der Waals surface area contributed by atoms with Crippen molar-refractivity contribution in [2.24, 2.45) is 0 Å². The van der Waals surface area contributed by atoms with Gasteiger partial charge in [0.2, 0.25) is 0 Å². The lowest BCUT2D eigenvalue weighted by Gasteiger charge is -2.06. The van der Waals surface area contributed by atoms with Gasteiger partial charge in [-0.3, -0.25) is 0 Å². The summed E-state index contributed by atoms with van der Waals surface area (Å²) in [5.41, 5.74) is 2.60. The number of ether oxygens (including phenoxy) is 1. The number of benzene rings is 1. The van der Waals surface area contributed by atoms with Crippen LogP contribution < -0.4 is 5.32 Å². The fourth-order valence-electron chi connectivity index (χ4n) is 2.23. The van der Waals surface area contributed by atoms with Crippen molar-refractivity contribution in [3.05, 3.63) is 34.9 Å². The molecule has 1 aromatic rings. The lowest BCUT2D eigenvalue weighted by atomic mass is 9.99. The standard InChI is InChI=1S/C16H18N2O/c1-19-11-9-13-4-2-5-14(12-17)16(13)8-7-15-6-3-10-18-15/h2,4-5,15,18H,3,6,9-11H2,1H3/t15-/m0/s1. The third-order valence-electron chi connectivity index (χ3n) is 3.28. The molecule has 0 aromatic heterocycles. The highest BCUT2D eigenvalue weighted by Gasteiger charge is 2.11. The minimum Gasteiger partial charge on any atom is -0.384 e. The Kier molecular flexibility index (Phi) is 4.98. The summed E-state index contributed by atoms with van der Waals surface area (Å²) in [6.45, 7) is 1.68. The Bertz CT molecular complexity index is 528. The zero-order valence-corrected chi connectivity index (χ0v) is 11.2. The maximum Gasteiger partial charge on any atom is 0.100 e. The molecule has 98 valence electrons. The van der Waals surface area contributed by atoms with Crippen molar-refractivity contribution in [2.75, 3.05) is 20.3 Å². The van der Waals surface area contributed by atoms with Crippen molar-refractivity contribution in [1.82, 2.24) is 5.32 Å². The summed E-state index contributed by atoms with van der Waals surface area (Å²) < 4.78 is 5.11. The van der Waals surface area contributed by atoms with Crippen LogP contribution in [0.1, 0.15) is 29.5 Å². The van der Waals surface area contributed by atoms with E-state index in [1.54, 1.807) is 7.11 Å². The number of methoxy groups -OCH3 is 1. The Morgan fingerprint density at radius 2 is 2.37 bits per heavy atom. The van der Waals surface area contributed by atoms with E-state index in [2.05, 4.69) is 23.2 Å². The highest BCUT2D eigenvalue weighted by Crippen LogP contribution is 2.14. The van der Waals surface area contributed by atoms with Crippen molar-refractivity contribution in [2.45, 2.75) is 25.3 Å². The molecule has 1 fully saturated rings. The van der Waals surface area contributed by atoms with Crippen LogP contribution in [0.15, 0.2) is 18.2 Å². The first-order chi connectivity index (χ1) is 9.35. The maximum absolute atomic E-state index is 9.20. The van der Waals surface area contributed by atoms with Gasteiger partial charge in [-0.2, -0.15) is 5.26 Å². The summed E-state index contributed by atoms with van der Waals surface area (Å²) in [4.78, 5) is 0. The Balaban J connectivity index is 2.27. The van der Waals surface area contributed by atoms with Gasteiger partial charge in [-0.05, 0) is 37.4 Å². The highest BCUT2D eigenvalue weighted by atomic mass is 16.5. The van der Waals surface area contributed by atoms with Crippen LogP contribution in [0.3, 0.4) is 0 Å². The molecule has 1 aromatic carbocycles. The number of hydrogen-bond donors (Lipinski definition) is 1. The second-order valence-corrected chi connectivity index (χ2v) is 4.61. The van der Waals surface area contributed by atoms with Crippen molar-refractivity contribution < 1.29 is 4.74 Å². The van der Waals surface area contributed by atoms with Gasteiger partial charge in [-0.15, -0.1) is 0 Å². The second-order valence-electron chi connectivity index (χ2n) is 4.61. The van der Waals surface area contributed by atoms with Crippen LogP contribution in [0.5, 0.6) is 0 Å². The lowest BCUT2D eigenvalue weighted by Crippen LogP contribution is -2.18. The normalized spacial score (nSPS) is 17.6. The lowest BCUT2D eigenvalue weighted by molar-refractivity contribution is 0.202. The molecule has 1 heterocycles. The van der Waals surface area contributed by atoms with Gasteiger partial charge in [0.25, 0.3) is 0 Å². The molecule has 0 spiro atoms. The van der Waals surface area contributed by atoms with Crippen molar-refractivity contribution in [1.29, 1.82) is 5.26 Å². The number of nitriles is 1. The molecule has 1 saturated heterocycles. The van der Waals surface area contributed by atoms with Crippen molar-refractivity contribution in [3.8, 4) is 17.9 Å². The van der Waals surface area contributed by atoms with Crippen LogP contribution in [0, 0.1) is 23.2 Å². The van der Waals surface area contributed by atoms with E-state index in [-0.39, 0.29) is 6.04 Å². The topological polar surface area (TPSA) is 45.0 Å². The van der Waals surface area contributed by atoms with E-state index in [9.17, 15) is 5.26 Å². The van der Waals surface area contributed by atoms with Gasteiger partial charge in [0.1, 0.15) is 6.07 Å². The molecule has 1 aliphatic heterocycles. The summed E-state index contributed by atoms with van der Waals surface area (Å²) in [5.74, 6) is 6.43. The second kappa shape index (κ2) is 6.95. The van der Waals surface area contributed by atoms with Crippen LogP contribution in [-0.4, -0.2) is 26.3 Å². The number of nitrogens with one attached hydrogen (secondary N) is 1. The van der Waals surface area contributed by atoms with E-state index in [0.717, 1.165) is 30.5 Å². The largest absolute Gasteiger partial charge is 0.384 e. The molecular weight excluding hydrogens is 236 g/mol. The fourth-order valence-corrected chi connectivity index (χ4v) is 2.23.